The number of hydrogen-bond donors (Lipinski definition) is 2. The van der Waals surface area contributed by atoms with Crippen LogP contribution in [0, 0.1) is 0 Å². The predicted octanol–water partition coefficient (Wildman–Crippen LogP) is 5.20. The third-order valence-corrected chi connectivity index (χ3v) is 6.21. The lowest BCUT2D eigenvalue weighted by atomic mass is 9.87. The first-order valence-electron chi connectivity index (χ1n) is 11.3. The van der Waals surface area contributed by atoms with E-state index in [1.807, 2.05) is 54.6 Å². The molecule has 1 fully saturated rings. The molecule has 33 heavy (non-hydrogen) atoms. The van der Waals surface area contributed by atoms with Crippen molar-refractivity contribution in [2.24, 2.45) is 0 Å². The van der Waals surface area contributed by atoms with Gasteiger partial charge in [-0.3, -0.25) is 4.79 Å². The Bertz CT molecular complexity index is 1170. The van der Waals surface area contributed by atoms with Crippen molar-refractivity contribution >= 4 is 16.9 Å². The number of fused-ring (bicyclic) bond motifs is 1. The van der Waals surface area contributed by atoms with Gasteiger partial charge in [-0.15, -0.1) is 0 Å². The lowest BCUT2D eigenvalue weighted by molar-refractivity contribution is -0.105. The summed E-state index contributed by atoms with van der Waals surface area (Å²) in [7, 11) is 0. The molecule has 5 heteroatoms. The zero-order chi connectivity index (χ0) is 22.8. The van der Waals surface area contributed by atoms with Crippen molar-refractivity contribution in [3.8, 4) is 11.5 Å². The number of benzene rings is 3. The van der Waals surface area contributed by atoms with Crippen LogP contribution in [0.3, 0.4) is 0 Å². The molecule has 2 aliphatic rings. The fraction of sp³-hybridized carbons (Fsp3) is 0.250. The lowest BCUT2D eigenvalue weighted by Crippen LogP contribution is -2.25. The van der Waals surface area contributed by atoms with Crippen molar-refractivity contribution in [3.05, 3.63) is 95.1 Å². The molecule has 0 radical (unpaired) electrons. The van der Waals surface area contributed by atoms with Crippen LogP contribution in [0.1, 0.15) is 52.7 Å². The fourth-order valence-electron chi connectivity index (χ4n) is 4.56. The molecule has 1 aliphatic heterocycles. The van der Waals surface area contributed by atoms with Crippen LogP contribution in [0.4, 0.5) is 0 Å². The second kappa shape index (κ2) is 9.22. The second-order valence-electron chi connectivity index (χ2n) is 8.47. The van der Waals surface area contributed by atoms with E-state index in [9.17, 15) is 15.0 Å². The van der Waals surface area contributed by atoms with Gasteiger partial charge in [0, 0.05) is 18.4 Å². The number of ether oxygens (including phenoxy) is 2. The van der Waals surface area contributed by atoms with E-state index < -0.39 is 6.10 Å². The average molecular weight is 443 g/mol. The number of aliphatic hydroxyl groups is 1. The number of phenolic OH excluding ortho intramolecular Hbond substituents is 1. The summed E-state index contributed by atoms with van der Waals surface area (Å²) < 4.78 is 11.7. The van der Waals surface area contributed by atoms with Crippen LogP contribution in [0.2, 0.25) is 0 Å². The van der Waals surface area contributed by atoms with Gasteiger partial charge in [-0.25, -0.2) is 0 Å². The summed E-state index contributed by atoms with van der Waals surface area (Å²) >= 11 is 0. The normalized spacial score (nSPS) is 20.8. The highest BCUT2D eigenvalue weighted by Crippen LogP contribution is 2.41. The van der Waals surface area contributed by atoms with Crippen molar-refractivity contribution in [2.75, 3.05) is 6.61 Å². The number of carbonyl (C=O) groups is 1. The predicted molar refractivity (Wildman–Crippen MR) is 126 cm³/mol. The van der Waals surface area contributed by atoms with Gasteiger partial charge in [-0.1, -0.05) is 42.5 Å². The number of rotatable bonds is 4. The summed E-state index contributed by atoms with van der Waals surface area (Å²) in [6.07, 6.45) is 1.57. The molecule has 0 saturated carbocycles. The number of aliphatic hydroxyl groups excluding tert-OH is 1. The summed E-state index contributed by atoms with van der Waals surface area (Å²) in [5.74, 6) is 0.387. The fourth-order valence-corrected chi connectivity index (χ4v) is 4.56. The van der Waals surface area contributed by atoms with Crippen molar-refractivity contribution in [2.45, 2.75) is 38.1 Å². The third kappa shape index (κ3) is 4.42. The van der Waals surface area contributed by atoms with Crippen molar-refractivity contribution in [3.63, 3.8) is 0 Å². The Morgan fingerprint density at radius 2 is 1.67 bits per heavy atom. The van der Waals surface area contributed by atoms with Gasteiger partial charge in [0.25, 0.3) is 0 Å². The van der Waals surface area contributed by atoms with Crippen LogP contribution in [0.25, 0.3) is 11.1 Å². The minimum Gasteiger partial charge on any atom is -0.508 e. The molecule has 1 saturated heterocycles. The zero-order valence-electron chi connectivity index (χ0n) is 18.2. The van der Waals surface area contributed by atoms with Crippen molar-refractivity contribution < 1.29 is 24.5 Å². The highest BCUT2D eigenvalue weighted by Gasteiger charge is 2.31. The molecule has 2 atom stereocenters. The maximum Gasteiger partial charge on any atom is 0.199 e. The second-order valence-corrected chi connectivity index (χ2v) is 8.47. The lowest BCUT2D eigenvalue weighted by Gasteiger charge is -2.24. The maximum atomic E-state index is 13.3. The van der Waals surface area contributed by atoms with Gasteiger partial charge in [0.1, 0.15) is 17.6 Å². The summed E-state index contributed by atoms with van der Waals surface area (Å²) in [6, 6.07) is 22.2. The summed E-state index contributed by atoms with van der Waals surface area (Å²) in [4.78, 5) is 13.3. The van der Waals surface area contributed by atoms with E-state index in [0.29, 0.717) is 17.9 Å². The quantitative estimate of drug-likeness (QED) is 0.581. The number of hydrogen-bond acceptors (Lipinski definition) is 5. The number of aromatic hydroxyl groups is 1. The van der Waals surface area contributed by atoms with E-state index >= 15 is 0 Å². The Labute approximate surface area is 192 Å². The molecule has 2 N–H and O–H groups in total. The van der Waals surface area contributed by atoms with Gasteiger partial charge < -0.3 is 19.7 Å². The largest absolute Gasteiger partial charge is 0.508 e. The molecule has 3 aromatic rings. The minimum atomic E-state index is -1.17. The Morgan fingerprint density at radius 1 is 0.879 bits per heavy atom. The minimum absolute atomic E-state index is 0.168. The summed E-state index contributed by atoms with van der Waals surface area (Å²) in [5, 5.41) is 20.7. The SMILES string of the molecule is O=C1c2cc(OC3CCCCO3)ccc2C(c2ccc(O)cc2)=C(c2ccccc2)CC1O. The van der Waals surface area contributed by atoms with Gasteiger partial charge in [-0.05, 0) is 71.0 Å². The highest BCUT2D eigenvalue weighted by atomic mass is 16.7. The first-order valence-corrected chi connectivity index (χ1v) is 11.3. The monoisotopic (exact) mass is 442 g/mol. The van der Waals surface area contributed by atoms with Crippen LogP contribution < -0.4 is 4.74 Å². The van der Waals surface area contributed by atoms with E-state index in [0.717, 1.165) is 47.1 Å². The molecule has 0 bridgehead atoms. The first kappa shape index (κ1) is 21.4. The molecule has 168 valence electrons. The summed E-state index contributed by atoms with van der Waals surface area (Å²) in [5.41, 5.74) is 4.70. The molecule has 0 aromatic heterocycles. The smallest absolute Gasteiger partial charge is 0.199 e. The molecule has 5 nitrogen and oxygen atoms in total. The van der Waals surface area contributed by atoms with Gasteiger partial charge in [0.05, 0.1) is 6.61 Å². The van der Waals surface area contributed by atoms with Gasteiger partial charge in [0.15, 0.2) is 12.1 Å². The Balaban J connectivity index is 1.67. The van der Waals surface area contributed by atoms with E-state index in [1.54, 1.807) is 18.2 Å². The van der Waals surface area contributed by atoms with Gasteiger partial charge in [0.2, 0.25) is 0 Å². The molecule has 1 aliphatic carbocycles. The van der Waals surface area contributed by atoms with Crippen LogP contribution in [-0.4, -0.2) is 35.0 Å². The zero-order valence-corrected chi connectivity index (χ0v) is 18.2. The molecular formula is C28H26O5. The molecule has 1 heterocycles. The van der Waals surface area contributed by atoms with Crippen molar-refractivity contribution in [1.82, 2.24) is 0 Å². The van der Waals surface area contributed by atoms with E-state index in [4.69, 9.17) is 9.47 Å². The van der Waals surface area contributed by atoms with E-state index in [2.05, 4.69) is 0 Å². The Morgan fingerprint density at radius 3 is 2.39 bits per heavy atom. The first-order chi connectivity index (χ1) is 16.1. The number of phenols is 1. The van der Waals surface area contributed by atoms with Gasteiger partial charge in [-0.2, -0.15) is 0 Å². The summed E-state index contributed by atoms with van der Waals surface area (Å²) in [6.45, 7) is 0.668. The molecule has 5 rings (SSSR count). The topological polar surface area (TPSA) is 76.0 Å². The molecular weight excluding hydrogens is 416 g/mol. The Hall–Kier alpha value is -3.41. The van der Waals surface area contributed by atoms with E-state index in [-0.39, 0.29) is 24.2 Å². The van der Waals surface area contributed by atoms with Crippen LogP contribution >= 0.6 is 0 Å². The van der Waals surface area contributed by atoms with Crippen LogP contribution in [0.15, 0.2) is 72.8 Å². The molecule has 0 spiro atoms. The number of ketones is 1. The van der Waals surface area contributed by atoms with Crippen molar-refractivity contribution in [1.29, 1.82) is 0 Å². The molecule has 2 unspecified atom stereocenters. The molecule has 0 amide bonds. The Kier molecular flexibility index (Phi) is 5.99. The number of Topliss-reactive ketones (excluding diaryl/α,β-unsaturated/α-hetero) is 1. The average Bonchev–Trinajstić information content (AvgIpc) is 2.96. The standard InChI is InChI=1S/C28H26O5/c29-20-11-9-19(10-12-20)27-22-14-13-21(33-26-8-4-5-15-32-26)16-24(22)28(31)25(30)17-23(27)18-6-2-1-3-7-18/h1-3,6-7,9-14,16,25-26,29-30H,4-5,8,15,17H2. The van der Waals surface area contributed by atoms with Crippen LogP contribution in [0.5, 0.6) is 11.5 Å². The third-order valence-electron chi connectivity index (χ3n) is 6.21. The number of carbonyl (C=O) groups excluding carboxylic acids is 1. The molecule has 3 aromatic carbocycles. The van der Waals surface area contributed by atoms with Gasteiger partial charge >= 0.3 is 0 Å². The van der Waals surface area contributed by atoms with Crippen LogP contribution in [-0.2, 0) is 4.74 Å². The highest BCUT2D eigenvalue weighted by molar-refractivity contribution is 6.12. The maximum absolute atomic E-state index is 13.3. The van der Waals surface area contributed by atoms with E-state index in [1.165, 1.54) is 0 Å².